The summed E-state index contributed by atoms with van der Waals surface area (Å²) in [6.45, 7) is 0. The first-order valence-corrected chi connectivity index (χ1v) is 4.37. The Morgan fingerprint density at radius 2 is 2.00 bits per heavy atom. The van der Waals surface area contributed by atoms with Crippen molar-refractivity contribution in [1.82, 2.24) is 4.98 Å². The van der Waals surface area contributed by atoms with Gasteiger partial charge in [0.15, 0.2) is 0 Å². The van der Waals surface area contributed by atoms with Crippen LogP contribution in [0.15, 0.2) is 28.0 Å². The fourth-order valence-electron chi connectivity index (χ4n) is 1.23. The first kappa shape index (κ1) is 7.89. The Kier molecular flexibility index (Phi) is 1.73. The van der Waals surface area contributed by atoms with E-state index in [4.69, 9.17) is 5.73 Å². The molecule has 3 N–H and O–H groups in total. The van der Waals surface area contributed by atoms with Gasteiger partial charge in [0.25, 0.3) is 0 Å². The highest BCUT2D eigenvalue weighted by molar-refractivity contribution is 7.81. The van der Waals surface area contributed by atoms with Gasteiger partial charge in [0.1, 0.15) is 5.82 Å². The predicted molar refractivity (Wildman–Crippen MR) is 57.2 cm³/mol. The van der Waals surface area contributed by atoms with E-state index in [-0.39, 0.29) is 0 Å². The Morgan fingerprint density at radius 3 is 2.67 bits per heavy atom. The molecule has 0 amide bonds. The fraction of sp³-hybridized carbons (Fsp3) is 0. The molecule has 0 saturated carbocycles. The number of H-pyrrole nitrogens is 1. The van der Waals surface area contributed by atoms with Crippen LogP contribution in [0.5, 0.6) is 0 Å². The van der Waals surface area contributed by atoms with Crippen LogP contribution in [-0.4, -0.2) is 4.98 Å². The van der Waals surface area contributed by atoms with E-state index < -0.39 is 0 Å². The molecule has 0 radical (unpaired) electrons. The van der Waals surface area contributed by atoms with Crippen LogP contribution in [0.4, 0.5) is 5.82 Å². The Labute approximate surface area is 81.0 Å². The normalized spacial score (nSPS) is 10.8. The maximum atomic E-state index is 5.66. The number of hydrogen-bond donors (Lipinski definition) is 4. The van der Waals surface area contributed by atoms with Crippen molar-refractivity contribution in [3.8, 4) is 0 Å². The zero-order valence-electron chi connectivity index (χ0n) is 6.20. The van der Waals surface area contributed by atoms with Gasteiger partial charge in [-0.1, -0.05) is 6.07 Å². The van der Waals surface area contributed by atoms with E-state index in [1.165, 1.54) is 0 Å². The predicted octanol–water partition coefficient (Wildman–Crippen LogP) is 2.33. The number of hydrogen-bond acceptors (Lipinski definition) is 3. The molecule has 62 valence electrons. The monoisotopic (exact) mass is 196 g/mol. The molecule has 1 heterocycles. The number of nitrogen functional groups attached to an aromatic ring is 1. The molecule has 0 unspecified atom stereocenters. The molecular weight excluding hydrogens is 188 g/mol. The van der Waals surface area contributed by atoms with E-state index in [2.05, 4.69) is 30.2 Å². The first-order chi connectivity index (χ1) is 5.70. The highest BCUT2D eigenvalue weighted by Crippen LogP contribution is 2.31. The second-order valence-corrected chi connectivity index (χ2v) is 3.52. The second kappa shape index (κ2) is 2.64. The average Bonchev–Trinajstić information content (AvgIpc) is 2.29. The fourth-order valence-corrected chi connectivity index (χ4v) is 1.94. The largest absolute Gasteiger partial charge is 0.384 e. The number of aromatic amines is 1. The van der Waals surface area contributed by atoms with Crippen molar-refractivity contribution in [1.29, 1.82) is 0 Å². The van der Waals surface area contributed by atoms with Crippen molar-refractivity contribution in [2.75, 3.05) is 5.73 Å². The van der Waals surface area contributed by atoms with Gasteiger partial charge in [-0.15, -0.1) is 25.3 Å². The number of fused-ring (bicyclic) bond motifs is 1. The Balaban J connectivity index is 2.97. The van der Waals surface area contributed by atoms with Gasteiger partial charge in [-0.2, -0.15) is 0 Å². The number of aromatic nitrogens is 1. The van der Waals surface area contributed by atoms with Crippen LogP contribution in [0.1, 0.15) is 0 Å². The van der Waals surface area contributed by atoms with Crippen LogP contribution < -0.4 is 5.73 Å². The van der Waals surface area contributed by atoms with E-state index >= 15 is 0 Å². The molecular formula is C8H8N2S2. The van der Waals surface area contributed by atoms with Crippen LogP contribution in [0.2, 0.25) is 0 Å². The van der Waals surface area contributed by atoms with Gasteiger partial charge in [-0.05, 0) is 12.1 Å². The van der Waals surface area contributed by atoms with Crippen molar-refractivity contribution in [3.63, 3.8) is 0 Å². The summed E-state index contributed by atoms with van der Waals surface area (Å²) in [4.78, 5) is 4.69. The maximum absolute atomic E-state index is 5.66. The quantitative estimate of drug-likeness (QED) is 0.480. The summed E-state index contributed by atoms with van der Waals surface area (Å²) in [7, 11) is 0. The van der Waals surface area contributed by atoms with Crippen molar-refractivity contribution in [2.24, 2.45) is 0 Å². The minimum atomic E-state index is 0.592. The number of nitrogens with one attached hydrogen (secondary N) is 1. The Bertz CT molecular complexity index is 434. The minimum absolute atomic E-state index is 0.592. The summed E-state index contributed by atoms with van der Waals surface area (Å²) in [5.74, 6) is 0.592. The Morgan fingerprint density at radius 1 is 1.25 bits per heavy atom. The standard InChI is InChI=1S/C8H8N2S2/c9-8-7(12)6-4(10-8)2-1-3-5(6)11/h1-3,10-12H,9H2. The van der Waals surface area contributed by atoms with Crippen molar-refractivity contribution < 1.29 is 0 Å². The lowest BCUT2D eigenvalue weighted by Gasteiger charge is -1.94. The van der Waals surface area contributed by atoms with Crippen LogP contribution in [0.3, 0.4) is 0 Å². The minimum Gasteiger partial charge on any atom is -0.384 e. The number of thiol groups is 2. The molecule has 4 heteroatoms. The van der Waals surface area contributed by atoms with Gasteiger partial charge >= 0.3 is 0 Å². The highest BCUT2D eigenvalue weighted by Gasteiger charge is 2.06. The van der Waals surface area contributed by atoms with Gasteiger partial charge in [0, 0.05) is 15.8 Å². The van der Waals surface area contributed by atoms with Gasteiger partial charge in [0.05, 0.1) is 4.90 Å². The van der Waals surface area contributed by atoms with Crippen LogP contribution in [-0.2, 0) is 0 Å². The van der Waals surface area contributed by atoms with E-state index in [9.17, 15) is 0 Å². The Hall–Kier alpha value is -0.740. The van der Waals surface area contributed by atoms with Crippen molar-refractivity contribution in [2.45, 2.75) is 9.79 Å². The molecule has 0 aliphatic carbocycles. The summed E-state index contributed by atoms with van der Waals surface area (Å²) in [6.07, 6.45) is 0. The molecule has 0 spiro atoms. The summed E-state index contributed by atoms with van der Waals surface area (Å²) < 4.78 is 0. The van der Waals surface area contributed by atoms with Gasteiger partial charge < -0.3 is 10.7 Å². The van der Waals surface area contributed by atoms with Gasteiger partial charge in [-0.25, -0.2) is 0 Å². The molecule has 12 heavy (non-hydrogen) atoms. The molecule has 0 aliphatic heterocycles. The van der Waals surface area contributed by atoms with E-state index in [0.717, 1.165) is 20.7 Å². The zero-order chi connectivity index (χ0) is 8.72. The third-order valence-electron chi connectivity index (χ3n) is 1.80. The van der Waals surface area contributed by atoms with Crippen molar-refractivity contribution in [3.05, 3.63) is 18.2 Å². The molecule has 0 aliphatic rings. The first-order valence-electron chi connectivity index (χ1n) is 3.48. The summed E-state index contributed by atoms with van der Waals surface area (Å²) in [5, 5.41) is 0.988. The SMILES string of the molecule is Nc1[nH]c2cccc(S)c2c1S. The van der Waals surface area contributed by atoms with Crippen LogP contribution >= 0.6 is 25.3 Å². The average molecular weight is 196 g/mol. The number of benzene rings is 1. The topological polar surface area (TPSA) is 41.8 Å². The molecule has 2 aromatic rings. The molecule has 0 atom stereocenters. The number of rotatable bonds is 0. The molecule has 0 fully saturated rings. The molecule has 2 nitrogen and oxygen atoms in total. The molecule has 1 aromatic carbocycles. The summed E-state index contributed by atoms with van der Waals surface area (Å²) in [6, 6.07) is 5.79. The lowest BCUT2D eigenvalue weighted by Crippen LogP contribution is -1.82. The molecule has 1 aromatic heterocycles. The molecule has 0 bridgehead atoms. The maximum Gasteiger partial charge on any atom is 0.115 e. The summed E-state index contributed by atoms with van der Waals surface area (Å²) in [5.41, 5.74) is 6.63. The van der Waals surface area contributed by atoms with E-state index in [1.807, 2.05) is 18.2 Å². The van der Waals surface area contributed by atoms with Crippen LogP contribution in [0.25, 0.3) is 10.9 Å². The highest BCUT2D eigenvalue weighted by atomic mass is 32.1. The van der Waals surface area contributed by atoms with Gasteiger partial charge in [0.2, 0.25) is 0 Å². The van der Waals surface area contributed by atoms with Crippen molar-refractivity contribution >= 4 is 42.0 Å². The number of nitrogens with two attached hydrogens (primary N) is 1. The smallest absolute Gasteiger partial charge is 0.115 e. The number of anilines is 1. The molecule has 2 rings (SSSR count). The third-order valence-corrected chi connectivity index (χ3v) is 2.64. The lowest BCUT2D eigenvalue weighted by atomic mass is 10.2. The third kappa shape index (κ3) is 0.990. The van der Waals surface area contributed by atoms with Crippen LogP contribution in [0, 0.1) is 0 Å². The summed E-state index contributed by atoms with van der Waals surface area (Å²) >= 11 is 8.59. The van der Waals surface area contributed by atoms with E-state index in [1.54, 1.807) is 0 Å². The zero-order valence-corrected chi connectivity index (χ0v) is 7.99. The van der Waals surface area contributed by atoms with E-state index in [0.29, 0.717) is 5.82 Å². The second-order valence-electron chi connectivity index (χ2n) is 2.59. The van der Waals surface area contributed by atoms with Gasteiger partial charge in [-0.3, -0.25) is 0 Å². The lowest BCUT2D eigenvalue weighted by molar-refractivity contribution is 1.42. The molecule has 0 saturated heterocycles.